The number of hydrogen-bond acceptors (Lipinski definition) is 2. The van der Waals surface area contributed by atoms with E-state index in [0.717, 1.165) is 77.4 Å². The minimum absolute atomic E-state index is 0. The molecule has 4 nitrogen and oxygen atoms in total. The maximum atomic E-state index is 12.8. The molecule has 0 spiro atoms. The van der Waals surface area contributed by atoms with Crippen LogP contribution in [0.5, 0.6) is 5.75 Å². The Bertz CT molecular complexity index is 2590. The van der Waals surface area contributed by atoms with Gasteiger partial charge < -0.3 is 5.11 Å². The molecular formula is C42H27LiN3O+. The van der Waals surface area contributed by atoms with Crippen molar-refractivity contribution in [2.75, 3.05) is 0 Å². The van der Waals surface area contributed by atoms with Crippen molar-refractivity contribution in [1.82, 2.24) is 9.55 Å². The molecule has 0 bridgehead atoms. The average Bonchev–Trinajstić information content (AvgIpc) is 3.51. The van der Waals surface area contributed by atoms with Crippen LogP contribution in [0.4, 0.5) is 0 Å². The van der Waals surface area contributed by atoms with E-state index in [9.17, 15) is 5.11 Å². The monoisotopic (exact) mass is 596 g/mol. The van der Waals surface area contributed by atoms with E-state index in [1.807, 2.05) is 24.3 Å². The Kier molecular flexibility index (Phi) is 7.11. The van der Waals surface area contributed by atoms with Gasteiger partial charge in [-0.05, 0) is 87.0 Å². The number of hydrogen-bond donors (Lipinski definition) is 0. The number of nitrogens with one attached hydrogen (secondary N) is 1. The summed E-state index contributed by atoms with van der Waals surface area (Å²) >= 11 is 0. The number of imidazole rings is 1. The zero-order chi connectivity index (χ0) is 30.6. The smallest absolute Gasteiger partial charge is 0.868 e. The third-order valence-corrected chi connectivity index (χ3v) is 8.93. The van der Waals surface area contributed by atoms with Crippen molar-refractivity contribution < 1.29 is 29.0 Å². The van der Waals surface area contributed by atoms with Crippen LogP contribution in [0.25, 0.3) is 82.9 Å². The number of fused-ring (bicyclic) bond motifs is 4. The second kappa shape index (κ2) is 11.6. The van der Waals surface area contributed by atoms with E-state index in [2.05, 4.69) is 131 Å². The fourth-order valence-corrected chi connectivity index (χ4v) is 6.72. The number of para-hydroxylation sites is 4. The molecular weight excluding hydrogens is 569 g/mol. The molecule has 0 aliphatic heterocycles. The molecule has 0 saturated heterocycles. The largest absolute Gasteiger partial charge is 1.00 e. The van der Waals surface area contributed by atoms with Gasteiger partial charge in [0.25, 0.3) is 0 Å². The molecule has 0 aliphatic rings. The molecule has 47 heavy (non-hydrogen) atoms. The number of rotatable bonds is 4. The van der Waals surface area contributed by atoms with E-state index < -0.39 is 0 Å². The molecule has 0 fully saturated rings. The summed E-state index contributed by atoms with van der Waals surface area (Å²) in [5, 5.41) is 18.3. The van der Waals surface area contributed by atoms with Gasteiger partial charge in [0.1, 0.15) is 5.82 Å². The summed E-state index contributed by atoms with van der Waals surface area (Å²) in [6.45, 7) is 0. The van der Waals surface area contributed by atoms with Crippen LogP contribution < -0.4 is 29.0 Å². The van der Waals surface area contributed by atoms with Crippen LogP contribution in [0, 0.1) is 0 Å². The number of pyridine rings is 1. The normalized spacial score (nSPS) is 11.3. The molecule has 216 valence electrons. The van der Waals surface area contributed by atoms with Crippen LogP contribution in [-0.2, 0) is 0 Å². The van der Waals surface area contributed by atoms with Crippen molar-refractivity contribution in [1.29, 1.82) is 0 Å². The minimum Gasteiger partial charge on any atom is -0.868 e. The summed E-state index contributed by atoms with van der Waals surface area (Å²) in [5.41, 5.74) is 9.06. The predicted molar refractivity (Wildman–Crippen MR) is 186 cm³/mol. The third-order valence-electron chi connectivity index (χ3n) is 8.93. The van der Waals surface area contributed by atoms with Crippen LogP contribution in [0.2, 0.25) is 0 Å². The Balaban J connectivity index is 0.00000324. The molecule has 9 rings (SSSR count). The van der Waals surface area contributed by atoms with Gasteiger partial charge in [-0.25, -0.2) is 9.97 Å². The summed E-state index contributed by atoms with van der Waals surface area (Å²) < 4.78 is 2.23. The number of aromatic amines is 1. The van der Waals surface area contributed by atoms with E-state index in [1.165, 1.54) is 0 Å². The van der Waals surface area contributed by atoms with Crippen molar-refractivity contribution in [2.24, 2.45) is 0 Å². The molecule has 0 amide bonds. The molecule has 0 unspecified atom stereocenters. The fraction of sp³-hybridized carbons (Fsp3) is 0. The zero-order valence-corrected chi connectivity index (χ0v) is 25.8. The first-order chi connectivity index (χ1) is 22.7. The molecule has 0 atom stereocenters. The van der Waals surface area contributed by atoms with Crippen molar-refractivity contribution in [3.05, 3.63) is 158 Å². The molecule has 1 N–H and O–H groups in total. The van der Waals surface area contributed by atoms with Gasteiger partial charge in [-0.1, -0.05) is 103 Å². The summed E-state index contributed by atoms with van der Waals surface area (Å²) in [4.78, 5) is 8.53. The van der Waals surface area contributed by atoms with Crippen LogP contribution in [-0.4, -0.2) is 9.55 Å². The summed E-state index contributed by atoms with van der Waals surface area (Å²) in [5.74, 6) is 0.904. The van der Waals surface area contributed by atoms with Gasteiger partial charge >= 0.3 is 18.9 Å². The van der Waals surface area contributed by atoms with E-state index in [1.54, 1.807) is 12.1 Å². The SMILES string of the molecule is [Li+].[O-]c1cccc2ccc(-c3c4ccccc4cc4ccc(-c5ccc(-c6nc7ccccc7n6-c6ccccc6)cc5)cc34)[nH+]c12. The third kappa shape index (κ3) is 4.87. The van der Waals surface area contributed by atoms with Gasteiger partial charge in [-0.3, -0.25) is 4.57 Å². The van der Waals surface area contributed by atoms with E-state index >= 15 is 0 Å². The van der Waals surface area contributed by atoms with Crippen LogP contribution >= 0.6 is 0 Å². The van der Waals surface area contributed by atoms with Crippen molar-refractivity contribution >= 4 is 43.5 Å². The van der Waals surface area contributed by atoms with Gasteiger partial charge in [0.2, 0.25) is 11.2 Å². The Hall–Kier alpha value is -5.66. The molecule has 5 heteroatoms. The molecule has 0 radical (unpaired) electrons. The van der Waals surface area contributed by atoms with E-state index in [4.69, 9.17) is 4.98 Å². The Morgan fingerprint density at radius 1 is 0.532 bits per heavy atom. The Morgan fingerprint density at radius 3 is 2.09 bits per heavy atom. The van der Waals surface area contributed by atoms with Crippen LogP contribution in [0.3, 0.4) is 0 Å². The van der Waals surface area contributed by atoms with E-state index in [-0.39, 0.29) is 24.6 Å². The van der Waals surface area contributed by atoms with Gasteiger partial charge in [0, 0.05) is 22.7 Å². The predicted octanol–water partition coefficient (Wildman–Crippen LogP) is 6.38. The van der Waals surface area contributed by atoms with Gasteiger partial charge in [0.05, 0.1) is 16.6 Å². The molecule has 2 heterocycles. The van der Waals surface area contributed by atoms with Crippen molar-refractivity contribution in [3.63, 3.8) is 0 Å². The second-order valence-electron chi connectivity index (χ2n) is 11.7. The first-order valence-electron chi connectivity index (χ1n) is 15.4. The summed E-state index contributed by atoms with van der Waals surface area (Å²) in [6.07, 6.45) is 0. The van der Waals surface area contributed by atoms with Gasteiger partial charge in [0.15, 0.2) is 0 Å². The van der Waals surface area contributed by atoms with Crippen LogP contribution in [0.1, 0.15) is 0 Å². The molecule has 0 saturated carbocycles. The van der Waals surface area contributed by atoms with Crippen molar-refractivity contribution in [3.8, 4) is 45.2 Å². The maximum Gasteiger partial charge on any atom is 1.00 e. The van der Waals surface area contributed by atoms with E-state index in [0.29, 0.717) is 5.52 Å². The average molecular weight is 597 g/mol. The number of H-pyrrole nitrogens is 1. The standard InChI is InChI=1S/C42H27N3O.Li/c46-39-16-8-10-28-23-24-37(43-41(28)39)40-34-13-5-4-9-31(34)25-32-22-21-30(26-35(32)40)27-17-19-29(20-18-27)42-44-36-14-6-7-15-38(36)45(42)33-11-2-1-3-12-33;/h1-26,46H;/q;+1. The molecule has 2 aromatic heterocycles. The fourth-order valence-electron chi connectivity index (χ4n) is 6.72. The Morgan fingerprint density at radius 2 is 1.21 bits per heavy atom. The van der Waals surface area contributed by atoms with Crippen LogP contribution in [0.15, 0.2) is 158 Å². The Labute approximate surface area is 283 Å². The molecule has 0 aliphatic carbocycles. The summed E-state index contributed by atoms with van der Waals surface area (Å²) in [7, 11) is 0. The summed E-state index contributed by atoms with van der Waals surface area (Å²) in [6, 6.07) is 54.2. The first-order valence-corrected chi connectivity index (χ1v) is 15.4. The quantitative estimate of drug-likeness (QED) is 0.175. The second-order valence-corrected chi connectivity index (χ2v) is 11.7. The minimum atomic E-state index is -0.00883. The number of aromatic nitrogens is 3. The number of nitrogens with zero attached hydrogens (tertiary/aromatic N) is 2. The van der Waals surface area contributed by atoms with Gasteiger partial charge in [-0.2, -0.15) is 0 Å². The number of benzene rings is 7. The molecule has 9 aromatic rings. The maximum absolute atomic E-state index is 12.8. The topological polar surface area (TPSA) is 55.0 Å². The molecule has 7 aromatic carbocycles. The van der Waals surface area contributed by atoms with Crippen molar-refractivity contribution in [2.45, 2.75) is 0 Å². The first kappa shape index (κ1) is 28.8. The van der Waals surface area contributed by atoms with Gasteiger partial charge in [-0.15, -0.1) is 0 Å². The zero-order valence-electron chi connectivity index (χ0n) is 25.8.